The van der Waals surface area contributed by atoms with Gasteiger partial charge in [0.15, 0.2) is 0 Å². The third-order valence-corrected chi connectivity index (χ3v) is 7.00. The van der Waals surface area contributed by atoms with Gasteiger partial charge < -0.3 is 4.90 Å². The monoisotopic (exact) mass is 428 g/mol. The molecule has 1 heterocycles. The summed E-state index contributed by atoms with van der Waals surface area (Å²) in [4.78, 5) is 14.8. The van der Waals surface area contributed by atoms with Crippen molar-refractivity contribution in [3.05, 3.63) is 28.2 Å². The average molecular weight is 429 g/mol. The molecule has 25 heavy (non-hydrogen) atoms. The van der Waals surface area contributed by atoms with Crippen LogP contribution in [0.15, 0.2) is 22.7 Å². The average Bonchev–Trinajstić information content (AvgIpc) is 2.87. The standard InChI is InChI=1S/C18H25BrN2O3S/c1-13-10-14-11-15(19)8-9-17(14)21(13)18(22)12-20(25(2,23)24)16-6-4-3-5-7-16/h8-9,11,13,16H,3-7,10,12H2,1-2H3/t13-/m1/s1. The Labute approximate surface area is 158 Å². The minimum atomic E-state index is -3.41. The molecule has 1 atom stereocenters. The zero-order valence-electron chi connectivity index (χ0n) is 14.7. The van der Waals surface area contributed by atoms with Gasteiger partial charge >= 0.3 is 0 Å². The predicted octanol–water partition coefficient (Wildman–Crippen LogP) is 3.32. The maximum Gasteiger partial charge on any atom is 0.242 e. The molecule has 1 saturated carbocycles. The van der Waals surface area contributed by atoms with Gasteiger partial charge in [0.05, 0.1) is 12.8 Å². The molecule has 7 heteroatoms. The van der Waals surface area contributed by atoms with E-state index in [1.54, 1.807) is 4.90 Å². The minimum absolute atomic E-state index is 0.0459. The van der Waals surface area contributed by atoms with Crippen LogP contribution in [0.25, 0.3) is 0 Å². The second-order valence-corrected chi connectivity index (χ2v) is 10.0. The summed E-state index contributed by atoms with van der Waals surface area (Å²) in [6, 6.07) is 5.90. The quantitative estimate of drug-likeness (QED) is 0.738. The molecule has 2 aliphatic rings. The first kappa shape index (κ1) is 18.9. The Balaban J connectivity index is 1.82. The van der Waals surface area contributed by atoms with Crippen LogP contribution in [0.2, 0.25) is 0 Å². The van der Waals surface area contributed by atoms with Crippen molar-refractivity contribution in [2.75, 3.05) is 17.7 Å². The van der Waals surface area contributed by atoms with E-state index in [4.69, 9.17) is 0 Å². The normalized spacial score (nSPS) is 21.6. The number of rotatable bonds is 4. The lowest BCUT2D eigenvalue weighted by Gasteiger charge is -2.33. The number of carbonyl (C=O) groups is 1. The van der Waals surface area contributed by atoms with Crippen LogP contribution in [0.5, 0.6) is 0 Å². The fourth-order valence-corrected chi connectivity index (χ4v) is 5.58. The van der Waals surface area contributed by atoms with Gasteiger partial charge in [0.25, 0.3) is 0 Å². The maximum atomic E-state index is 13.0. The first-order valence-electron chi connectivity index (χ1n) is 8.84. The van der Waals surface area contributed by atoms with Gasteiger partial charge in [-0.15, -0.1) is 0 Å². The number of halogens is 1. The predicted molar refractivity (Wildman–Crippen MR) is 103 cm³/mol. The molecule has 0 saturated heterocycles. The highest BCUT2D eigenvalue weighted by Gasteiger charge is 2.35. The fraction of sp³-hybridized carbons (Fsp3) is 0.611. The Bertz CT molecular complexity index is 760. The van der Waals surface area contributed by atoms with Crippen LogP contribution in [0, 0.1) is 0 Å². The Kier molecular flexibility index (Phi) is 5.56. The molecule has 138 valence electrons. The zero-order valence-corrected chi connectivity index (χ0v) is 17.1. The van der Waals surface area contributed by atoms with Gasteiger partial charge in [0.1, 0.15) is 0 Å². The topological polar surface area (TPSA) is 57.7 Å². The van der Waals surface area contributed by atoms with E-state index in [1.807, 2.05) is 25.1 Å². The summed E-state index contributed by atoms with van der Waals surface area (Å²) in [5.41, 5.74) is 2.02. The van der Waals surface area contributed by atoms with Crippen molar-refractivity contribution >= 4 is 37.5 Å². The summed E-state index contributed by atoms with van der Waals surface area (Å²) in [5.74, 6) is -0.135. The van der Waals surface area contributed by atoms with E-state index < -0.39 is 10.0 Å². The highest BCUT2D eigenvalue weighted by molar-refractivity contribution is 9.10. The number of nitrogens with zero attached hydrogens (tertiary/aromatic N) is 2. The van der Waals surface area contributed by atoms with Crippen LogP contribution in [0.1, 0.15) is 44.6 Å². The smallest absolute Gasteiger partial charge is 0.242 e. The summed E-state index contributed by atoms with van der Waals surface area (Å²) in [7, 11) is -3.41. The number of carbonyl (C=O) groups excluding carboxylic acids is 1. The van der Waals surface area contributed by atoms with E-state index in [2.05, 4.69) is 15.9 Å². The first-order chi connectivity index (χ1) is 11.8. The van der Waals surface area contributed by atoms with Crippen LogP contribution in [-0.2, 0) is 21.2 Å². The number of hydrogen-bond acceptors (Lipinski definition) is 3. The Morgan fingerprint density at radius 2 is 1.96 bits per heavy atom. The van der Waals surface area contributed by atoms with E-state index in [0.717, 1.165) is 54.2 Å². The summed E-state index contributed by atoms with van der Waals surface area (Å²) >= 11 is 3.47. The minimum Gasteiger partial charge on any atom is -0.308 e. The number of fused-ring (bicyclic) bond motifs is 1. The molecule has 0 spiro atoms. The molecule has 1 aliphatic heterocycles. The van der Waals surface area contributed by atoms with Crippen molar-refractivity contribution in [2.45, 2.75) is 57.5 Å². The van der Waals surface area contributed by atoms with Gasteiger partial charge in [-0.2, -0.15) is 4.31 Å². The number of hydrogen-bond donors (Lipinski definition) is 0. The van der Waals surface area contributed by atoms with Gasteiger partial charge in [0, 0.05) is 22.2 Å². The molecule has 0 aromatic heterocycles. The lowest BCUT2D eigenvalue weighted by molar-refractivity contribution is -0.119. The largest absolute Gasteiger partial charge is 0.308 e. The van der Waals surface area contributed by atoms with Crippen LogP contribution in [0.3, 0.4) is 0 Å². The van der Waals surface area contributed by atoms with E-state index in [9.17, 15) is 13.2 Å². The van der Waals surface area contributed by atoms with Crippen LogP contribution < -0.4 is 4.90 Å². The lowest BCUT2D eigenvalue weighted by Crippen LogP contribution is -2.49. The van der Waals surface area contributed by atoms with Crippen LogP contribution in [-0.4, -0.2) is 43.5 Å². The van der Waals surface area contributed by atoms with Gasteiger partial charge in [-0.1, -0.05) is 35.2 Å². The Hall–Kier alpha value is -0.920. The SMILES string of the molecule is C[C@@H]1Cc2cc(Br)ccc2N1C(=O)CN(C1CCCCC1)S(C)(=O)=O. The van der Waals surface area contributed by atoms with Crippen molar-refractivity contribution in [3.8, 4) is 0 Å². The summed E-state index contributed by atoms with van der Waals surface area (Å²) < 4.78 is 27.0. The number of benzene rings is 1. The fourth-order valence-electron chi connectivity index (χ4n) is 4.08. The highest BCUT2D eigenvalue weighted by Crippen LogP contribution is 2.34. The van der Waals surface area contributed by atoms with E-state index in [1.165, 1.54) is 10.6 Å². The molecule has 0 N–H and O–H groups in total. The number of sulfonamides is 1. The van der Waals surface area contributed by atoms with Crippen molar-refractivity contribution in [1.82, 2.24) is 4.31 Å². The third kappa shape index (κ3) is 4.09. The maximum absolute atomic E-state index is 13.0. The van der Waals surface area contributed by atoms with Crippen LogP contribution >= 0.6 is 15.9 Å². The zero-order chi connectivity index (χ0) is 18.2. The Morgan fingerprint density at radius 1 is 1.28 bits per heavy atom. The van der Waals surface area contributed by atoms with Crippen molar-refractivity contribution in [2.24, 2.45) is 0 Å². The molecule has 0 unspecified atom stereocenters. The molecule has 1 aromatic rings. The lowest BCUT2D eigenvalue weighted by atomic mass is 9.95. The van der Waals surface area contributed by atoms with E-state index >= 15 is 0 Å². The van der Waals surface area contributed by atoms with Gasteiger partial charge in [-0.05, 0) is 49.9 Å². The van der Waals surface area contributed by atoms with E-state index in [0.29, 0.717) is 0 Å². The molecule has 1 aromatic carbocycles. The molecule has 1 aliphatic carbocycles. The highest BCUT2D eigenvalue weighted by atomic mass is 79.9. The molecule has 3 rings (SSSR count). The van der Waals surface area contributed by atoms with Crippen molar-refractivity contribution in [1.29, 1.82) is 0 Å². The first-order valence-corrected chi connectivity index (χ1v) is 11.5. The second-order valence-electron chi connectivity index (χ2n) is 7.19. The van der Waals surface area contributed by atoms with Crippen molar-refractivity contribution in [3.63, 3.8) is 0 Å². The summed E-state index contributed by atoms with van der Waals surface area (Å²) in [6.45, 7) is 1.94. The Morgan fingerprint density at radius 3 is 2.60 bits per heavy atom. The number of amides is 1. The summed E-state index contributed by atoms with van der Waals surface area (Å²) in [6.07, 6.45) is 6.91. The molecule has 5 nitrogen and oxygen atoms in total. The third-order valence-electron chi connectivity index (χ3n) is 5.22. The molecule has 1 amide bonds. The van der Waals surface area contributed by atoms with Gasteiger partial charge in [0.2, 0.25) is 15.9 Å². The van der Waals surface area contributed by atoms with Gasteiger partial charge in [-0.25, -0.2) is 8.42 Å². The van der Waals surface area contributed by atoms with Crippen LogP contribution in [0.4, 0.5) is 5.69 Å². The molecule has 0 bridgehead atoms. The molecule has 0 radical (unpaired) electrons. The van der Waals surface area contributed by atoms with Gasteiger partial charge in [-0.3, -0.25) is 4.79 Å². The van der Waals surface area contributed by atoms with Crippen molar-refractivity contribution < 1.29 is 13.2 Å². The molecular formula is C18H25BrN2O3S. The molecular weight excluding hydrogens is 404 g/mol. The second kappa shape index (κ2) is 7.37. The number of anilines is 1. The molecule has 1 fully saturated rings. The summed E-state index contributed by atoms with van der Waals surface area (Å²) in [5, 5.41) is 0. The van der Waals surface area contributed by atoms with E-state index in [-0.39, 0.29) is 24.5 Å².